The SMILES string of the molecule is CC.CCC.CCN(C)CC. The van der Waals surface area contributed by atoms with Crippen molar-refractivity contribution in [1.82, 2.24) is 4.90 Å². The fraction of sp³-hybridized carbons (Fsp3) is 1.00. The van der Waals surface area contributed by atoms with Crippen LogP contribution in [-0.4, -0.2) is 25.0 Å². The van der Waals surface area contributed by atoms with Gasteiger partial charge in [0.2, 0.25) is 0 Å². The summed E-state index contributed by atoms with van der Waals surface area (Å²) in [5.74, 6) is 0. The normalized spacial score (nSPS) is 7.64. The molecule has 0 unspecified atom stereocenters. The first-order chi connectivity index (χ1) is 5.22. The molecule has 0 aromatic rings. The zero-order valence-corrected chi connectivity index (χ0v) is 9.57. The van der Waals surface area contributed by atoms with Crippen LogP contribution in [-0.2, 0) is 0 Å². The van der Waals surface area contributed by atoms with Crippen LogP contribution < -0.4 is 0 Å². The van der Waals surface area contributed by atoms with Crippen LogP contribution >= 0.6 is 0 Å². The van der Waals surface area contributed by atoms with Gasteiger partial charge in [-0.2, -0.15) is 0 Å². The van der Waals surface area contributed by atoms with Gasteiger partial charge in [-0.25, -0.2) is 0 Å². The molecule has 0 N–H and O–H groups in total. The summed E-state index contributed by atoms with van der Waals surface area (Å²) in [7, 11) is 2.11. The first-order valence-electron chi connectivity index (χ1n) is 4.91. The van der Waals surface area contributed by atoms with E-state index in [4.69, 9.17) is 0 Å². The van der Waals surface area contributed by atoms with Gasteiger partial charge >= 0.3 is 0 Å². The highest BCUT2D eigenvalue weighted by Gasteiger charge is 1.81. The van der Waals surface area contributed by atoms with Gasteiger partial charge in [0.25, 0.3) is 0 Å². The Morgan fingerprint density at radius 1 is 0.818 bits per heavy atom. The summed E-state index contributed by atoms with van der Waals surface area (Å²) < 4.78 is 0. The second-order valence-corrected chi connectivity index (χ2v) is 2.20. The van der Waals surface area contributed by atoms with Crippen molar-refractivity contribution in [1.29, 1.82) is 0 Å². The average molecular weight is 161 g/mol. The maximum atomic E-state index is 2.25. The van der Waals surface area contributed by atoms with Crippen molar-refractivity contribution in [2.24, 2.45) is 0 Å². The van der Waals surface area contributed by atoms with Gasteiger partial charge in [-0.05, 0) is 20.1 Å². The van der Waals surface area contributed by atoms with Crippen LogP contribution in [0.15, 0.2) is 0 Å². The monoisotopic (exact) mass is 161 g/mol. The Kier molecular flexibility index (Phi) is 35.1. The van der Waals surface area contributed by atoms with Gasteiger partial charge in [-0.3, -0.25) is 0 Å². The Morgan fingerprint density at radius 3 is 1.00 bits per heavy atom. The molecule has 11 heavy (non-hydrogen) atoms. The maximum Gasteiger partial charge on any atom is -0.00504 e. The van der Waals surface area contributed by atoms with E-state index in [9.17, 15) is 0 Å². The summed E-state index contributed by atoms with van der Waals surface area (Å²) in [6, 6.07) is 0. The van der Waals surface area contributed by atoms with Crippen LogP contribution in [0.25, 0.3) is 0 Å². The van der Waals surface area contributed by atoms with Crippen molar-refractivity contribution in [3.8, 4) is 0 Å². The zero-order chi connectivity index (χ0) is 9.70. The Hall–Kier alpha value is -0.0400. The lowest BCUT2D eigenvalue weighted by molar-refractivity contribution is 0.373. The standard InChI is InChI=1S/C5H13N.C3H8.C2H6/c1-4-6(3)5-2;1-3-2;1-2/h4-5H2,1-3H3;3H2,1-2H3;1-2H3. The van der Waals surface area contributed by atoms with Crippen molar-refractivity contribution in [2.75, 3.05) is 20.1 Å². The summed E-state index contributed by atoms with van der Waals surface area (Å²) in [5.41, 5.74) is 0. The van der Waals surface area contributed by atoms with Crippen molar-refractivity contribution in [3.05, 3.63) is 0 Å². The van der Waals surface area contributed by atoms with Crippen LogP contribution in [0.3, 0.4) is 0 Å². The molecule has 0 bridgehead atoms. The van der Waals surface area contributed by atoms with Crippen molar-refractivity contribution in [2.45, 2.75) is 48.0 Å². The summed E-state index contributed by atoms with van der Waals surface area (Å²) in [6.45, 7) is 14.9. The fourth-order valence-electron chi connectivity index (χ4n) is 0.224. The van der Waals surface area contributed by atoms with Gasteiger partial charge in [0, 0.05) is 0 Å². The van der Waals surface area contributed by atoms with Crippen LogP contribution in [0.2, 0.25) is 0 Å². The third-order valence-corrected chi connectivity index (χ3v) is 1.08. The van der Waals surface area contributed by atoms with Gasteiger partial charge in [-0.15, -0.1) is 0 Å². The highest BCUT2D eigenvalue weighted by Crippen LogP contribution is 1.73. The van der Waals surface area contributed by atoms with E-state index in [2.05, 4.69) is 39.6 Å². The number of rotatable bonds is 2. The van der Waals surface area contributed by atoms with E-state index >= 15 is 0 Å². The van der Waals surface area contributed by atoms with Crippen molar-refractivity contribution in [3.63, 3.8) is 0 Å². The summed E-state index contributed by atoms with van der Waals surface area (Å²) >= 11 is 0. The molecule has 0 rings (SSSR count). The van der Waals surface area contributed by atoms with Crippen molar-refractivity contribution < 1.29 is 0 Å². The van der Waals surface area contributed by atoms with Gasteiger partial charge in [0.15, 0.2) is 0 Å². The van der Waals surface area contributed by atoms with Crippen LogP contribution in [0.5, 0.6) is 0 Å². The molecule has 1 heteroatoms. The molecule has 0 aliphatic rings. The van der Waals surface area contributed by atoms with Gasteiger partial charge in [0.1, 0.15) is 0 Å². The first-order valence-corrected chi connectivity index (χ1v) is 4.91. The highest BCUT2D eigenvalue weighted by atomic mass is 15.1. The second kappa shape index (κ2) is 22.5. The van der Waals surface area contributed by atoms with E-state index in [1.54, 1.807) is 0 Å². The van der Waals surface area contributed by atoms with E-state index in [-0.39, 0.29) is 0 Å². The molecule has 0 spiro atoms. The molecular weight excluding hydrogens is 134 g/mol. The molecule has 0 aromatic carbocycles. The molecule has 0 heterocycles. The predicted octanol–water partition coefficient (Wildman–Crippen LogP) is 3.40. The van der Waals surface area contributed by atoms with Crippen molar-refractivity contribution >= 4 is 0 Å². The Labute approximate surface area is 73.8 Å². The minimum atomic E-state index is 1.16. The van der Waals surface area contributed by atoms with Gasteiger partial charge in [0.05, 0.1) is 0 Å². The Morgan fingerprint density at radius 2 is 1.00 bits per heavy atom. The zero-order valence-electron chi connectivity index (χ0n) is 9.57. The third-order valence-electron chi connectivity index (χ3n) is 1.08. The first kappa shape index (κ1) is 17.2. The summed E-state index contributed by atoms with van der Waals surface area (Å²) in [5, 5.41) is 0. The largest absolute Gasteiger partial charge is 0.307 e. The molecule has 0 aromatic heterocycles. The minimum absolute atomic E-state index is 1.16. The van der Waals surface area contributed by atoms with Gasteiger partial charge in [-0.1, -0.05) is 48.0 Å². The molecular formula is C10H27N. The molecule has 0 saturated heterocycles. The minimum Gasteiger partial charge on any atom is -0.307 e. The molecule has 0 atom stereocenters. The molecule has 0 saturated carbocycles. The Balaban J connectivity index is -0.000000109. The Bertz CT molecular complexity index is 31.9. The van der Waals surface area contributed by atoms with Crippen LogP contribution in [0, 0.1) is 0 Å². The second-order valence-electron chi connectivity index (χ2n) is 2.20. The number of hydrogen-bond donors (Lipinski definition) is 0. The summed E-state index contributed by atoms with van der Waals surface area (Å²) in [4.78, 5) is 2.25. The van der Waals surface area contributed by atoms with E-state index in [1.807, 2.05) is 13.8 Å². The highest BCUT2D eigenvalue weighted by molar-refractivity contribution is 4.36. The van der Waals surface area contributed by atoms with E-state index in [0.717, 1.165) is 13.1 Å². The third kappa shape index (κ3) is 40.2. The molecule has 0 aliphatic carbocycles. The smallest absolute Gasteiger partial charge is 0.00504 e. The lowest BCUT2D eigenvalue weighted by Gasteiger charge is -2.07. The molecule has 72 valence electrons. The lowest BCUT2D eigenvalue weighted by Crippen LogP contribution is -2.15. The van der Waals surface area contributed by atoms with E-state index < -0.39 is 0 Å². The fourth-order valence-corrected chi connectivity index (χ4v) is 0.224. The number of hydrogen-bond acceptors (Lipinski definition) is 1. The topological polar surface area (TPSA) is 3.24 Å². The average Bonchev–Trinajstić information content (AvgIpc) is 2.08. The molecule has 0 aliphatic heterocycles. The molecule has 0 fully saturated rings. The van der Waals surface area contributed by atoms with Gasteiger partial charge < -0.3 is 4.90 Å². The molecule has 0 radical (unpaired) electrons. The quantitative estimate of drug-likeness (QED) is 0.600. The predicted molar refractivity (Wildman–Crippen MR) is 56.2 cm³/mol. The molecule has 0 amide bonds. The summed E-state index contributed by atoms with van der Waals surface area (Å²) in [6.07, 6.45) is 1.25. The molecule has 1 nitrogen and oxygen atoms in total. The van der Waals surface area contributed by atoms with E-state index in [1.165, 1.54) is 6.42 Å². The van der Waals surface area contributed by atoms with Crippen LogP contribution in [0.1, 0.15) is 48.0 Å². The van der Waals surface area contributed by atoms with Crippen LogP contribution in [0.4, 0.5) is 0 Å². The maximum absolute atomic E-state index is 2.25. The lowest BCUT2D eigenvalue weighted by atomic mass is 10.6. The van der Waals surface area contributed by atoms with E-state index in [0.29, 0.717) is 0 Å². The number of nitrogens with zero attached hydrogens (tertiary/aromatic N) is 1.